The van der Waals surface area contributed by atoms with E-state index in [0.717, 1.165) is 5.56 Å². The third-order valence-electron chi connectivity index (χ3n) is 5.11. The van der Waals surface area contributed by atoms with Crippen molar-refractivity contribution in [3.8, 4) is 11.5 Å². The fourth-order valence-electron chi connectivity index (χ4n) is 3.28. The van der Waals surface area contributed by atoms with Crippen LogP contribution in [0.1, 0.15) is 32.0 Å². The molecular weight excluding hydrogens is 517 g/mol. The lowest BCUT2D eigenvalue weighted by Crippen LogP contribution is -2.21. The van der Waals surface area contributed by atoms with Crippen LogP contribution in [0.2, 0.25) is 10.0 Å². The van der Waals surface area contributed by atoms with Crippen LogP contribution >= 0.6 is 23.2 Å². The number of hydrazone groups is 1. The summed E-state index contributed by atoms with van der Waals surface area (Å²) in [6.45, 7) is 0.270. The molecule has 10 heteroatoms. The van der Waals surface area contributed by atoms with Gasteiger partial charge in [-0.15, -0.1) is 0 Å². The van der Waals surface area contributed by atoms with E-state index in [2.05, 4.69) is 15.8 Å². The van der Waals surface area contributed by atoms with Crippen molar-refractivity contribution in [1.29, 1.82) is 0 Å². The highest BCUT2D eigenvalue weighted by molar-refractivity contribution is 6.42. The van der Waals surface area contributed by atoms with Crippen molar-refractivity contribution in [2.45, 2.75) is 6.61 Å². The van der Waals surface area contributed by atoms with Gasteiger partial charge in [-0.05, 0) is 65.7 Å². The highest BCUT2D eigenvalue weighted by Gasteiger charge is 2.15. The van der Waals surface area contributed by atoms with Crippen molar-refractivity contribution in [1.82, 2.24) is 5.43 Å². The summed E-state index contributed by atoms with van der Waals surface area (Å²) in [5, 5.41) is 7.61. The maximum Gasteiger partial charge on any atom is 0.291 e. The number of nitrogens with zero attached hydrogens (tertiary/aromatic N) is 1. The molecule has 188 valence electrons. The maximum absolute atomic E-state index is 12.7. The number of methoxy groups -OCH3 is 1. The summed E-state index contributed by atoms with van der Waals surface area (Å²) >= 11 is 12.0. The van der Waals surface area contributed by atoms with Crippen molar-refractivity contribution in [2.75, 3.05) is 12.4 Å². The van der Waals surface area contributed by atoms with Gasteiger partial charge in [-0.3, -0.25) is 9.59 Å². The minimum Gasteiger partial charge on any atom is -0.493 e. The Hall–Kier alpha value is -4.27. The van der Waals surface area contributed by atoms with E-state index in [0.29, 0.717) is 32.8 Å². The topological polar surface area (TPSA) is 102 Å². The van der Waals surface area contributed by atoms with Crippen LogP contribution in [0.25, 0.3) is 0 Å². The number of carbonyl (C=O) groups excluding carboxylic acids is 2. The van der Waals surface area contributed by atoms with Gasteiger partial charge in [0, 0.05) is 0 Å². The van der Waals surface area contributed by atoms with Crippen LogP contribution in [-0.4, -0.2) is 25.1 Å². The molecule has 0 atom stereocenters. The van der Waals surface area contributed by atoms with Crippen LogP contribution in [0.4, 0.5) is 5.69 Å². The van der Waals surface area contributed by atoms with Gasteiger partial charge in [0.1, 0.15) is 6.61 Å². The molecule has 0 bridgehead atoms. The number of furan rings is 1. The molecule has 4 rings (SSSR count). The normalized spacial score (nSPS) is 10.8. The Bertz CT molecular complexity index is 1440. The summed E-state index contributed by atoms with van der Waals surface area (Å²) in [7, 11) is 1.53. The second kappa shape index (κ2) is 12.1. The van der Waals surface area contributed by atoms with Gasteiger partial charge in [0.25, 0.3) is 11.8 Å². The Kier molecular flexibility index (Phi) is 8.45. The summed E-state index contributed by atoms with van der Waals surface area (Å²) in [5.74, 6) is 0.173. The predicted molar refractivity (Wildman–Crippen MR) is 142 cm³/mol. The zero-order valence-electron chi connectivity index (χ0n) is 19.5. The summed E-state index contributed by atoms with van der Waals surface area (Å²) in [5.41, 5.74) is 4.54. The van der Waals surface area contributed by atoms with E-state index in [4.69, 9.17) is 37.1 Å². The van der Waals surface area contributed by atoms with Crippen LogP contribution in [0, 0.1) is 0 Å². The van der Waals surface area contributed by atoms with Crippen LogP contribution in [0.3, 0.4) is 0 Å². The molecule has 0 unspecified atom stereocenters. The first kappa shape index (κ1) is 25.8. The van der Waals surface area contributed by atoms with Gasteiger partial charge in [0.15, 0.2) is 17.3 Å². The van der Waals surface area contributed by atoms with Crippen molar-refractivity contribution in [3.63, 3.8) is 0 Å². The number of para-hydroxylation sites is 1. The molecule has 4 aromatic rings. The quantitative estimate of drug-likeness (QED) is 0.196. The third-order valence-corrected chi connectivity index (χ3v) is 5.85. The number of nitrogens with one attached hydrogen (secondary N) is 2. The summed E-state index contributed by atoms with van der Waals surface area (Å²) in [4.78, 5) is 25.0. The molecule has 8 nitrogen and oxygen atoms in total. The Balaban J connectivity index is 1.39. The summed E-state index contributed by atoms with van der Waals surface area (Å²) in [6.07, 6.45) is 2.86. The molecule has 0 saturated carbocycles. The largest absolute Gasteiger partial charge is 0.493 e. The van der Waals surface area contributed by atoms with E-state index in [1.807, 2.05) is 6.07 Å². The van der Waals surface area contributed by atoms with Crippen molar-refractivity contribution in [2.24, 2.45) is 5.10 Å². The van der Waals surface area contributed by atoms with Crippen molar-refractivity contribution in [3.05, 3.63) is 112 Å². The lowest BCUT2D eigenvalue weighted by Gasteiger charge is -2.12. The molecule has 1 heterocycles. The average Bonchev–Trinajstić information content (AvgIpc) is 3.45. The van der Waals surface area contributed by atoms with Gasteiger partial charge in [0.05, 0.1) is 40.9 Å². The molecule has 37 heavy (non-hydrogen) atoms. The molecule has 1 aromatic heterocycles. The van der Waals surface area contributed by atoms with Gasteiger partial charge in [-0.25, -0.2) is 5.43 Å². The minimum atomic E-state index is -0.500. The second-order valence-electron chi connectivity index (χ2n) is 7.62. The zero-order chi connectivity index (χ0) is 26.2. The van der Waals surface area contributed by atoms with Crippen LogP contribution in [0.15, 0.2) is 88.6 Å². The Morgan fingerprint density at radius 1 is 0.946 bits per heavy atom. The molecule has 0 spiro atoms. The first-order valence-electron chi connectivity index (χ1n) is 11.0. The van der Waals surface area contributed by atoms with Gasteiger partial charge < -0.3 is 19.2 Å². The zero-order valence-corrected chi connectivity index (χ0v) is 21.0. The second-order valence-corrected chi connectivity index (χ2v) is 8.44. The van der Waals surface area contributed by atoms with E-state index in [9.17, 15) is 9.59 Å². The molecule has 0 fully saturated rings. The van der Waals surface area contributed by atoms with Gasteiger partial charge in [-0.2, -0.15) is 5.10 Å². The Morgan fingerprint density at radius 2 is 1.78 bits per heavy atom. The number of hydrogen-bond donors (Lipinski definition) is 2. The van der Waals surface area contributed by atoms with Gasteiger partial charge >= 0.3 is 0 Å². The number of halogens is 2. The van der Waals surface area contributed by atoms with Crippen molar-refractivity contribution >= 4 is 46.9 Å². The minimum absolute atomic E-state index is 0.131. The van der Waals surface area contributed by atoms with E-state index in [1.165, 1.54) is 25.7 Å². The number of amides is 2. The highest BCUT2D eigenvalue weighted by Crippen LogP contribution is 2.29. The average molecular weight is 538 g/mol. The fraction of sp³-hybridized carbons (Fsp3) is 0.0741. The van der Waals surface area contributed by atoms with Gasteiger partial charge in [-0.1, -0.05) is 41.4 Å². The standard InChI is InChI=1S/C27H21Cl2N3O5/c1-35-25-14-17(9-11-23(25)37-16-18-8-10-20(28)21(29)13-18)15-30-32-26(33)19-5-2-3-6-22(19)31-27(34)24-7-4-12-36-24/h2-15H,16H2,1H3,(H,31,34)(H,32,33)/b30-15-. The Labute approximate surface area is 222 Å². The molecule has 0 aliphatic heterocycles. The van der Waals surface area contributed by atoms with E-state index in [-0.39, 0.29) is 17.9 Å². The number of carbonyl (C=O) groups is 2. The third kappa shape index (κ3) is 6.69. The van der Waals surface area contributed by atoms with E-state index in [1.54, 1.807) is 60.7 Å². The number of hydrogen-bond acceptors (Lipinski definition) is 6. The molecule has 0 aliphatic carbocycles. The van der Waals surface area contributed by atoms with E-state index >= 15 is 0 Å². The number of anilines is 1. The van der Waals surface area contributed by atoms with Crippen LogP contribution in [-0.2, 0) is 6.61 Å². The lowest BCUT2D eigenvalue weighted by atomic mass is 10.1. The number of ether oxygens (including phenoxy) is 2. The van der Waals surface area contributed by atoms with Crippen LogP contribution in [0.5, 0.6) is 11.5 Å². The molecule has 3 aromatic carbocycles. The van der Waals surface area contributed by atoms with Crippen LogP contribution < -0.4 is 20.2 Å². The first-order valence-corrected chi connectivity index (χ1v) is 11.7. The monoisotopic (exact) mass is 537 g/mol. The van der Waals surface area contributed by atoms with Crippen molar-refractivity contribution < 1.29 is 23.5 Å². The molecule has 0 saturated heterocycles. The predicted octanol–water partition coefficient (Wildman–Crippen LogP) is 6.19. The number of benzene rings is 3. The molecule has 2 amide bonds. The molecular formula is C27H21Cl2N3O5. The first-order chi connectivity index (χ1) is 17.9. The Morgan fingerprint density at radius 3 is 2.54 bits per heavy atom. The smallest absolute Gasteiger partial charge is 0.291 e. The molecule has 2 N–H and O–H groups in total. The SMILES string of the molecule is COc1cc(/C=N\NC(=O)c2ccccc2NC(=O)c2ccco2)ccc1OCc1ccc(Cl)c(Cl)c1. The highest BCUT2D eigenvalue weighted by atomic mass is 35.5. The van der Waals surface area contributed by atoms with E-state index < -0.39 is 11.8 Å². The summed E-state index contributed by atoms with van der Waals surface area (Å²) < 4.78 is 16.4. The fourth-order valence-corrected chi connectivity index (χ4v) is 3.60. The molecule has 0 radical (unpaired) electrons. The lowest BCUT2D eigenvalue weighted by molar-refractivity contribution is 0.0956. The number of rotatable bonds is 9. The summed E-state index contributed by atoms with van der Waals surface area (Å²) in [6, 6.07) is 20.2. The van der Waals surface area contributed by atoms with Gasteiger partial charge in [0.2, 0.25) is 0 Å². The molecule has 0 aliphatic rings. The maximum atomic E-state index is 12.7.